The number of anilines is 1. The van der Waals surface area contributed by atoms with Crippen molar-refractivity contribution in [3.8, 4) is 17.2 Å². The normalized spacial score (nSPS) is 16.0. The van der Waals surface area contributed by atoms with E-state index in [4.69, 9.17) is 9.47 Å². The van der Waals surface area contributed by atoms with Gasteiger partial charge in [-0.1, -0.05) is 43.3 Å². The lowest BCUT2D eigenvalue weighted by Gasteiger charge is -2.35. The van der Waals surface area contributed by atoms with Gasteiger partial charge in [-0.15, -0.1) is 0 Å². The van der Waals surface area contributed by atoms with Crippen molar-refractivity contribution >= 4 is 21.4 Å². The van der Waals surface area contributed by atoms with Crippen LogP contribution in [-0.4, -0.2) is 60.2 Å². The van der Waals surface area contributed by atoms with E-state index in [9.17, 15) is 32.1 Å². The predicted octanol–water partition coefficient (Wildman–Crippen LogP) is 4.83. The summed E-state index contributed by atoms with van der Waals surface area (Å²) in [5.74, 6) is -2.20. The van der Waals surface area contributed by atoms with Gasteiger partial charge in [0.15, 0.2) is 5.75 Å². The second-order valence-electron chi connectivity index (χ2n) is 12.3. The van der Waals surface area contributed by atoms with Crippen molar-refractivity contribution in [2.75, 3.05) is 37.7 Å². The molecule has 0 spiro atoms. The summed E-state index contributed by atoms with van der Waals surface area (Å²) in [6, 6.07) is 15.9. The Labute approximate surface area is 275 Å². The van der Waals surface area contributed by atoms with Crippen LogP contribution in [-0.2, 0) is 22.4 Å². The Bertz CT molecular complexity index is 1980. The van der Waals surface area contributed by atoms with Crippen LogP contribution in [0.1, 0.15) is 30.9 Å². The van der Waals surface area contributed by atoms with Gasteiger partial charge in [0.25, 0.3) is 0 Å². The van der Waals surface area contributed by atoms with Crippen LogP contribution in [0.2, 0.25) is 0 Å². The number of nitrogens with zero attached hydrogens (tertiary/aromatic N) is 5. The van der Waals surface area contributed by atoms with E-state index in [1.165, 1.54) is 28.7 Å². The van der Waals surface area contributed by atoms with E-state index in [2.05, 4.69) is 5.10 Å². The number of halogens is 2. The molecule has 1 saturated heterocycles. The number of hydrogen-bond donors (Lipinski definition) is 0. The zero-order valence-corrected chi connectivity index (χ0v) is 26.9. The highest BCUT2D eigenvalue weighted by molar-refractivity contribution is 7.88. The third kappa shape index (κ3) is 7.47. The van der Waals surface area contributed by atoms with E-state index in [1.54, 1.807) is 4.90 Å². The highest BCUT2D eigenvalue weighted by atomic mass is 32.2. The topological polar surface area (TPSA) is 137 Å². The van der Waals surface area contributed by atoms with Gasteiger partial charge in [0.05, 0.1) is 29.2 Å². The molecule has 0 radical (unpaired) electrons. The Balaban J connectivity index is 1.17. The van der Waals surface area contributed by atoms with Crippen molar-refractivity contribution in [1.82, 2.24) is 14.1 Å². The van der Waals surface area contributed by atoms with Crippen LogP contribution < -0.4 is 19.9 Å². The van der Waals surface area contributed by atoms with Gasteiger partial charge < -0.3 is 14.4 Å². The van der Waals surface area contributed by atoms with Crippen molar-refractivity contribution < 1.29 is 31.6 Å². The summed E-state index contributed by atoms with van der Waals surface area (Å²) >= 11 is 0. The zero-order chi connectivity index (χ0) is 34.1. The van der Waals surface area contributed by atoms with Crippen LogP contribution in [0, 0.1) is 27.2 Å². The van der Waals surface area contributed by atoms with E-state index < -0.39 is 37.9 Å². The smallest absolute Gasteiger partial charge is 0.316 e. The molecule has 0 bridgehead atoms. The molecule has 3 aromatic carbocycles. The number of nitro groups is 1. The first kappa shape index (κ1) is 33.0. The van der Waals surface area contributed by atoms with E-state index >= 15 is 0 Å². The predicted molar refractivity (Wildman–Crippen MR) is 173 cm³/mol. The molecular weight excluding hydrogens is 648 g/mol. The number of rotatable bonds is 12. The minimum absolute atomic E-state index is 0.0328. The molecule has 0 N–H and O–H groups in total. The summed E-state index contributed by atoms with van der Waals surface area (Å²) in [4.78, 5) is 26.5. The molecule has 0 unspecified atom stereocenters. The molecular formula is C33H33F2N5O7S. The monoisotopic (exact) mass is 681 g/mol. The summed E-state index contributed by atoms with van der Waals surface area (Å²) < 4.78 is 68.6. The first-order valence-electron chi connectivity index (χ1n) is 15.3. The first-order chi connectivity index (χ1) is 22.9. The molecule has 1 saturated carbocycles. The lowest BCUT2D eigenvalue weighted by molar-refractivity contribution is -0.386. The van der Waals surface area contributed by atoms with Gasteiger partial charge >= 0.3 is 11.2 Å². The molecule has 6 rings (SSSR count). The quantitative estimate of drug-likeness (QED) is 0.152. The van der Waals surface area contributed by atoms with Gasteiger partial charge in [-0.3, -0.25) is 14.9 Å². The number of benzene rings is 3. The maximum atomic E-state index is 14.0. The molecule has 1 aromatic heterocycles. The van der Waals surface area contributed by atoms with E-state index in [-0.39, 0.29) is 73.2 Å². The highest BCUT2D eigenvalue weighted by Crippen LogP contribution is 2.45. The average molecular weight is 682 g/mol. The molecule has 1 aliphatic carbocycles. The second kappa shape index (κ2) is 13.3. The van der Waals surface area contributed by atoms with Crippen LogP contribution >= 0.6 is 0 Å². The number of piperazine rings is 1. The number of aromatic nitrogens is 2. The highest BCUT2D eigenvalue weighted by Gasteiger charge is 2.39. The third-order valence-electron chi connectivity index (χ3n) is 8.45. The van der Waals surface area contributed by atoms with Gasteiger partial charge in [-0.2, -0.15) is 14.1 Å². The lowest BCUT2D eigenvalue weighted by Crippen LogP contribution is -2.49. The van der Waals surface area contributed by atoms with Crippen molar-refractivity contribution in [3.63, 3.8) is 0 Å². The Morgan fingerprint density at radius 2 is 1.62 bits per heavy atom. The summed E-state index contributed by atoms with van der Waals surface area (Å²) in [6.45, 7) is 2.92. The van der Waals surface area contributed by atoms with E-state index in [0.717, 1.165) is 35.2 Å². The molecule has 1 aliphatic heterocycles. The number of hydrogen-bond acceptors (Lipinski definition) is 9. The fourth-order valence-electron chi connectivity index (χ4n) is 5.40. The second-order valence-corrected chi connectivity index (χ2v) is 14.2. The molecule has 12 nitrogen and oxygen atoms in total. The third-order valence-corrected chi connectivity index (χ3v) is 10.3. The maximum Gasteiger partial charge on any atom is 0.316 e. The Kier molecular flexibility index (Phi) is 9.16. The number of sulfonamides is 1. The number of ether oxygens (including phenoxy) is 2. The summed E-state index contributed by atoms with van der Waals surface area (Å²) in [5.41, 5.74) is 0.189. The Morgan fingerprint density at radius 3 is 2.27 bits per heavy atom. The molecule has 2 fully saturated rings. The molecule has 252 valence electrons. The van der Waals surface area contributed by atoms with Crippen LogP contribution in [0.25, 0.3) is 5.69 Å². The Morgan fingerprint density at radius 1 is 0.938 bits per heavy atom. The van der Waals surface area contributed by atoms with Crippen LogP contribution in [0.4, 0.5) is 20.2 Å². The number of nitro benzene ring substituents is 1. The van der Waals surface area contributed by atoms with Crippen molar-refractivity contribution in [1.29, 1.82) is 0 Å². The summed E-state index contributed by atoms with van der Waals surface area (Å²) in [6.07, 6.45) is 3.24. The van der Waals surface area contributed by atoms with Gasteiger partial charge in [0.1, 0.15) is 23.9 Å². The first-order valence-corrected chi connectivity index (χ1v) is 16.9. The van der Waals surface area contributed by atoms with E-state index in [1.807, 2.05) is 37.3 Å². The van der Waals surface area contributed by atoms with Crippen LogP contribution in [0.15, 0.2) is 77.7 Å². The molecule has 2 heterocycles. The van der Waals surface area contributed by atoms with Gasteiger partial charge in [-0.05, 0) is 42.2 Å². The minimum Gasteiger partial charge on any atom is -0.486 e. The molecule has 48 heavy (non-hydrogen) atoms. The molecule has 15 heteroatoms. The van der Waals surface area contributed by atoms with Gasteiger partial charge in [0, 0.05) is 43.7 Å². The van der Waals surface area contributed by atoms with Gasteiger partial charge in [0.2, 0.25) is 15.8 Å². The molecule has 0 atom stereocenters. The SMILES string of the molecule is CC1(COc2c(N3CCN(S(=O)(=O)Cc4ccc(OCc5ccccc5)c([N+](=O)[O-])c4)CC3)cnn(-c3cc(F)cc(F)c3)c2=O)CC1. The lowest BCUT2D eigenvalue weighted by atomic mass is 10.2. The van der Waals surface area contributed by atoms with Crippen molar-refractivity contribution in [3.05, 3.63) is 116 Å². The Hall–Kier alpha value is -4.89. The standard InChI is InChI=1S/C33H33F2N5O7S/c1-33(9-10-33)22-47-31-29(19-36-39(32(31)41)27-17-25(34)16-26(35)18-27)37-11-13-38(14-12-37)48(44,45)21-24-7-8-30(28(15-24)40(42)43)46-20-23-5-3-2-4-6-23/h2-8,15-19H,9-14,20-22H2,1H3. The van der Waals surface area contributed by atoms with Crippen LogP contribution in [0.3, 0.4) is 0 Å². The molecule has 4 aromatic rings. The van der Waals surface area contributed by atoms with Crippen molar-refractivity contribution in [2.45, 2.75) is 32.1 Å². The maximum absolute atomic E-state index is 14.0. The fraction of sp³-hybridized carbons (Fsp3) is 0.333. The summed E-state index contributed by atoms with van der Waals surface area (Å²) in [7, 11) is -3.88. The summed E-state index contributed by atoms with van der Waals surface area (Å²) in [5, 5.41) is 16.0. The van der Waals surface area contributed by atoms with Crippen molar-refractivity contribution in [2.24, 2.45) is 5.41 Å². The zero-order valence-electron chi connectivity index (χ0n) is 26.1. The van der Waals surface area contributed by atoms with E-state index in [0.29, 0.717) is 11.8 Å². The largest absolute Gasteiger partial charge is 0.486 e. The molecule has 2 aliphatic rings. The average Bonchev–Trinajstić information content (AvgIpc) is 3.80. The fourth-order valence-corrected chi connectivity index (χ4v) is 6.90. The van der Waals surface area contributed by atoms with Gasteiger partial charge in [-0.25, -0.2) is 17.2 Å². The minimum atomic E-state index is -3.88. The van der Waals surface area contributed by atoms with Crippen LogP contribution in [0.5, 0.6) is 11.5 Å². The molecule has 0 amide bonds.